The highest BCUT2D eigenvalue weighted by Crippen LogP contribution is 2.40. The summed E-state index contributed by atoms with van der Waals surface area (Å²) in [7, 11) is 0. The van der Waals surface area contributed by atoms with Crippen LogP contribution in [0, 0.1) is 0 Å². The number of anilines is 3. The monoisotopic (exact) mass is 504 g/mol. The predicted molar refractivity (Wildman–Crippen MR) is 167 cm³/mol. The van der Waals surface area contributed by atoms with Gasteiger partial charge < -0.3 is 4.90 Å². The van der Waals surface area contributed by atoms with E-state index < -0.39 is 30.2 Å². The molecule has 0 aliphatic heterocycles. The molecule has 0 saturated heterocycles. The molecule has 0 unspecified atom stereocenters. The van der Waals surface area contributed by atoms with E-state index in [9.17, 15) is 0 Å². The molecular weight excluding hydrogens is 470 g/mol. The van der Waals surface area contributed by atoms with Crippen LogP contribution in [0.4, 0.5) is 17.1 Å². The van der Waals surface area contributed by atoms with Gasteiger partial charge in [-0.05, 0) is 74.8 Å². The van der Waals surface area contributed by atoms with Crippen LogP contribution in [0.1, 0.15) is 9.60 Å². The van der Waals surface area contributed by atoms with Crippen molar-refractivity contribution >= 4 is 38.6 Å². The first-order valence-corrected chi connectivity index (χ1v) is 12.8. The van der Waals surface area contributed by atoms with Crippen molar-refractivity contribution in [3.05, 3.63) is 164 Å². The summed E-state index contributed by atoms with van der Waals surface area (Å²) < 4.78 is 60.8. The fraction of sp³-hybridized carbons (Fsp3) is 0. The third kappa shape index (κ3) is 4.45. The van der Waals surface area contributed by atoms with Gasteiger partial charge in [-0.1, -0.05) is 127 Å². The molecule has 0 saturated carbocycles. The highest BCUT2D eigenvalue weighted by atomic mass is 15.1. The topological polar surface area (TPSA) is 3.24 Å². The van der Waals surface area contributed by atoms with Crippen molar-refractivity contribution in [2.45, 2.75) is 0 Å². The SMILES string of the molecule is [2H]c1c([2H])c([2H])c2c(N(c3ccc(-c4ccccc4)cc3)c3cccc(-c4ccc5ccccc5c4)c3)c([2H])c([2H])c([2H])c2c1[2H]. The Morgan fingerprint density at radius 2 is 1.08 bits per heavy atom. The molecule has 7 aromatic rings. The van der Waals surface area contributed by atoms with Crippen LogP contribution in [0.5, 0.6) is 0 Å². The van der Waals surface area contributed by atoms with E-state index in [2.05, 4.69) is 30.3 Å². The summed E-state index contributed by atoms with van der Waals surface area (Å²) in [6, 6.07) is 37.0. The fourth-order valence-electron chi connectivity index (χ4n) is 5.00. The summed E-state index contributed by atoms with van der Waals surface area (Å²) in [5, 5.41) is 2.17. The Morgan fingerprint density at radius 1 is 0.410 bits per heavy atom. The van der Waals surface area contributed by atoms with Crippen LogP contribution < -0.4 is 4.90 Å². The molecule has 0 bridgehead atoms. The van der Waals surface area contributed by atoms with Gasteiger partial charge >= 0.3 is 0 Å². The fourth-order valence-corrected chi connectivity index (χ4v) is 5.00. The van der Waals surface area contributed by atoms with Gasteiger partial charge in [0.25, 0.3) is 0 Å². The summed E-state index contributed by atoms with van der Waals surface area (Å²) >= 11 is 0. The Morgan fingerprint density at radius 3 is 1.95 bits per heavy atom. The van der Waals surface area contributed by atoms with Crippen molar-refractivity contribution in [1.29, 1.82) is 0 Å². The normalized spacial score (nSPS) is 13.6. The summed E-state index contributed by atoms with van der Waals surface area (Å²) in [5.41, 5.74) is 5.30. The molecule has 39 heavy (non-hydrogen) atoms. The van der Waals surface area contributed by atoms with Crippen LogP contribution >= 0.6 is 0 Å². The van der Waals surface area contributed by atoms with E-state index in [4.69, 9.17) is 9.60 Å². The predicted octanol–water partition coefficient (Wildman–Crippen LogP) is 10.8. The molecule has 0 amide bonds. The third-order valence-electron chi connectivity index (χ3n) is 6.94. The number of hydrogen-bond donors (Lipinski definition) is 0. The zero-order valence-corrected chi connectivity index (χ0v) is 21.0. The minimum atomic E-state index is -0.480. The molecule has 0 atom stereocenters. The molecule has 184 valence electrons. The lowest BCUT2D eigenvalue weighted by Gasteiger charge is -2.27. The van der Waals surface area contributed by atoms with Crippen molar-refractivity contribution in [3.8, 4) is 22.3 Å². The minimum absolute atomic E-state index is 0.0280. The molecular formula is C38H27N. The van der Waals surface area contributed by atoms with E-state index in [1.54, 1.807) is 4.90 Å². The Hall–Kier alpha value is -5.14. The van der Waals surface area contributed by atoms with Crippen molar-refractivity contribution in [3.63, 3.8) is 0 Å². The molecule has 7 aromatic carbocycles. The Bertz CT molecular complexity index is 2280. The number of nitrogens with zero attached hydrogens (tertiary/aromatic N) is 1. The Balaban J connectivity index is 1.51. The average Bonchev–Trinajstić information content (AvgIpc) is 3.10. The molecule has 0 aromatic heterocycles. The van der Waals surface area contributed by atoms with E-state index in [-0.39, 0.29) is 28.5 Å². The molecule has 0 fully saturated rings. The molecule has 1 heteroatoms. The lowest BCUT2D eigenvalue weighted by atomic mass is 10.00. The quantitative estimate of drug-likeness (QED) is 0.225. The van der Waals surface area contributed by atoms with Crippen LogP contribution in [0.2, 0.25) is 0 Å². The first-order valence-electron chi connectivity index (χ1n) is 16.3. The number of benzene rings is 7. The van der Waals surface area contributed by atoms with E-state index >= 15 is 0 Å². The zero-order valence-electron chi connectivity index (χ0n) is 28.0. The maximum Gasteiger partial charge on any atom is 0.0645 e. The number of hydrogen-bond acceptors (Lipinski definition) is 1. The smallest absolute Gasteiger partial charge is 0.0645 e. The van der Waals surface area contributed by atoms with E-state index in [0.29, 0.717) is 11.4 Å². The molecule has 7 rings (SSSR count). The van der Waals surface area contributed by atoms with Gasteiger partial charge in [-0.25, -0.2) is 0 Å². The summed E-state index contributed by atoms with van der Waals surface area (Å²) in [6.07, 6.45) is 0. The second-order valence-corrected chi connectivity index (χ2v) is 9.33. The summed E-state index contributed by atoms with van der Waals surface area (Å²) in [6.45, 7) is 0. The number of rotatable bonds is 5. The van der Waals surface area contributed by atoms with Crippen LogP contribution in [0.15, 0.2) is 164 Å². The molecule has 0 spiro atoms. The summed E-state index contributed by atoms with van der Waals surface area (Å²) in [5.74, 6) is 0. The molecule has 0 heterocycles. The lowest BCUT2D eigenvalue weighted by molar-refractivity contribution is 1.30. The van der Waals surface area contributed by atoms with Crippen molar-refractivity contribution in [2.24, 2.45) is 0 Å². The lowest BCUT2D eigenvalue weighted by Crippen LogP contribution is -2.10. The minimum Gasteiger partial charge on any atom is -0.310 e. The average molecular weight is 505 g/mol. The van der Waals surface area contributed by atoms with Crippen molar-refractivity contribution in [1.82, 2.24) is 0 Å². The van der Waals surface area contributed by atoms with Crippen LogP contribution in [0.3, 0.4) is 0 Å². The first kappa shape index (κ1) is 16.7. The summed E-state index contributed by atoms with van der Waals surface area (Å²) in [4.78, 5) is 1.77. The highest BCUT2D eigenvalue weighted by molar-refractivity contribution is 5.99. The van der Waals surface area contributed by atoms with Gasteiger partial charge in [0, 0.05) is 16.8 Å². The van der Waals surface area contributed by atoms with Crippen LogP contribution in [-0.4, -0.2) is 0 Å². The highest BCUT2D eigenvalue weighted by Gasteiger charge is 2.16. The van der Waals surface area contributed by atoms with Crippen LogP contribution in [0.25, 0.3) is 43.8 Å². The van der Waals surface area contributed by atoms with Gasteiger partial charge in [0.2, 0.25) is 0 Å². The maximum atomic E-state index is 9.12. The van der Waals surface area contributed by atoms with Gasteiger partial charge in [0.15, 0.2) is 0 Å². The first-order chi connectivity index (χ1) is 22.2. The third-order valence-corrected chi connectivity index (χ3v) is 6.94. The van der Waals surface area contributed by atoms with E-state index in [0.717, 1.165) is 33.0 Å². The molecule has 1 nitrogen and oxygen atoms in total. The van der Waals surface area contributed by atoms with Gasteiger partial charge in [0.1, 0.15) is 0 Å². The van der Waals surface area contributed by atoms with Gasteiger partial charge in [-0.3, -0.25) is 0 Å². The van der Waals surface area contributed by atoms with E-state index in [1.807, 2.05) is 91.0 Å². The van der Waals surface area contributed by atoms with Crippen molar-refractivity contribution < 1.29 is 9.60 Å². The molecule has 0 N–H and O–H groups in total. The van der Waals surface area contributed by atoms with Gasteiger partial charge in [-0.2, -0.15) is 0 Å². The molecule has 0 radical (unpaired) electrons. The number of fused-ring (bicyclic) bond motifs is 2. The Kier molecular flexibility index (Phi) is 4.25. The Labute approximate surface area is 239 Å². The van der Waals surface area contributed by atoms with E-state index in [1.165, 1.54) is 0 Å². The standard InChI is InChI=1S/C38H27N/c1-2-10-28(11-3-1)30-22-24-35(25-23-30)39(38-19-9-15-31-13-6-7-18-37(31)38)36-17-8-16-33(27-36)34-21-20-29-12-4-5-14-32(29)26-34/h1-27H/i6D,7D,9D,13D,15D,18D,19D. The van der Waals surface area contributed by atoms with Gasteiger partial charge in [-0.15, -0.1) is 0 Å². The second kappa shape index (κ2) is 9.96. The maximum absolute atomic E-state index is 9.12. The van der Waals surface area contributed by atoms with Crippen LogP contribution in [-0.2, 0) is 0 Å². The largest absolute Gasteiger partial charge is 0.310 e. The molecule has 0 aliphatic rings. The molecule has 0 aliphatic carbocycles. The zero-order chi connectivity index (χ0) is 32.1. The second-order valence-electron chi connectivity index (χ2n) is 9.33. The van der Waals surface area contributed by atoms with Gasteiger partial charge in [0.05, 0.1) is 15.3 Å². The van der Waals surface area contributed by atoms with Crippen molar-refractivity contribution in [2.75, 3.05) is 4.90 Å².